The summed E-state index contributed by atoms with van der Waals surface area (Å²) in [4.78, 5) is 2.98. The molecule has 4 aromatic rings. The van der Waals surface area contributed by atoms with Crippen LogP contribution < -0.4 is 14.2 Å². The lowest BCUT2D eigenvalue weighted by Gasteiger charge is -2.20. The van der Waals surface area contributed by atoms with Crippen molar-refractivity contribution in [3.05, 3.63) is 64.6 Å². The highest BCUT2D eigenvalue weighted by Gasteiger charge is 2.29. The first-order valence-corrected chi connectivity index (χ1v) is 17.0. The number of thiazole rings is 1. The number of nitrogens with zero attached hydrogens (tertiary/aromatic N) is 2. The zero-order chi connectivity index (χ0) is 27.8. The first-order valence-electron chi connectivity index (χ1n) is 12.1. The average Bonchev–Trinajstić information content (AvgIpc) is 3.40. The molecule has 1 aliphatic rings. The number of methoxy groups -OCH3 is 1. The summed E-state index contributed by atoms with van der Waals surface area (Å²) in [6.45, 7) is 0.746. The van der Waals surface area contributed by atoms with E-state index in [2.05, 4.69) is 16.7 Å². The van der Waals surface area contributed by atoms with Crippen LogP contribution in [0.25, 0.3) is 27.1 Å². The van der Waals surface area contributed by atoms with Gasteiger partial charge in [-0.15, -0.1) is 0 Å². The molecule has 13 heteroatoms. The Morgan fingerprint density at radius 3 is 2.46 bits per heavy atom. The topological polar surface area (TPSA) is 125 Å². The number of hydrogen-bond donors (Lipinski definition) is 2. The molecule has 0 unspecified atom stereocenters. The maximum atomic E-state index is 11.4. The fourth-order valence-electron chi connectivity index (χ4n) is 4.67. The van der Waals surface area contributed by atoms with Gasteiger partial charge in [-0.2, -0.15) is 21.4 Å². The molecule has 0 saturated heterocycles. The number of ether oxygens (including phenoxy) is 1. The zero-order valence-corrected chi connectivity index (χ0v) is 24.2. The van der Waals surface area contributed by atoms with Gasteiger partial charge < -0.3 is 9.64 Å². The van der Waals surface area contributed by atoms with Gasteiger partial charge in [0.25, 0.3) is 25.2 Å². The summed E-state index contributed by atoms with van der Waals surface area (Å²) in [5.41, 5.74) is 1.90. The van der Waals surface area contributed by atoms with E-state index >= 15 is 0 Å². The van der Waals surface area contributed by atoms with Crippen LogP contribution in [0.4, 0.5) is 5.69 Å². The summed E-state index contributed by atoms with van der Waals surface area (Å²) in [7, 11) is -6.60. The van der Waals surface area contributed by atoms with Gasteiger partial charge in [0.1, 0.15) is 10.4 Å². The lowest BCUT2D eigenvalue weighted by Crippen LogP contribution is -2.36. The smallest absolute Gasteiger partial charge is 0.265 e. The number of aromatic nitrogens is 1. The molecule has 0 radical (unpaired) electrons. The molecule has 0 spiro atoms. The quantitative estimate of drug-likeness (QED) is 0.193. The minimum atomic E-state index is -4.10. The lowest BCUT2D eigenvalue weighted by atomic mass is 10.1. The largest absolute Gasteiger partial charge is 0.497 e. The van der Waals surface area contributed by atoms with Gasteiger partial charge in [-0.1, -0.05) is 47.4 Å². The fourth-order valence-corrected chi connectivity index (χ4v) is 8.03. The molecule has 5 rings (SSSR count). The summed E-state index contributed by atoms with van der Waals surface area (Å²) in [5, 5.41) is 3.86. The highest BCUT2D eigenvalue weighted by atomic mass is 32.2. The van der Waals surface area contributed by atoms with Crippen molar-refractivity contribution in [3.63, 3.8) is 0 Å². The molecule has 1 aliphatic heterocycles. The second kappa shape index (κ2) is 11.1. The molecule has 0 saturated carbocycles. The summed E-state index contributed by atoms with van der Waals surface area (Å²) in [6, 6.07) is 17.8. The van der Waals surface area contributed by atoms with Gasteiger partial charge in [-0.25, -0.2) is 0 Å². The second-order valence-corrected chi connectivity index (χ2v) is 14.3. The van der Waals surface area contributed by atoms with Crippen molar-refractivity contribution in [2.75, 3.05) is 30.1 Å². The standard InChI is InChI=1S/C26H26N2O7S4/c1-35-19-9-10-21-23(16-19)37-24(27(21)12-4-14-38(29,30)31)17-25-28(13-5-15-39(32,33)34)26-20-7-3-2-6-18(20)8-11-22(26)36-25/h2-3,6-11,16-17H,4-5,12-15H2,1H3,(H-,29,30,31,32,33,34)/p+1. The van der Waals surface area contributed by atoms with Crippen LogP contribution in [0.15, 0.2) is 64.5 Å². The number of anilines is 1. The van der Waals surface area contributed by atoms with E-state index in [0.717, 1.165) is 41.6 Å². The van der Waals surface area contributed by atoms with Crippen molar-refractivity contribution in [2.45, 2.75) is 24.3 Å². The molecular weight excluding hydrogens is 581 g/mol. The Bertz CT molecular complexity index is 1800. The molecule has 0 aliphatic carbocycles. The number of benzene rings is 3. The van der Waals surface area contributed by atoms with Crippen LogP contribution in [-0.4, -0.2) is 51.1 Å². The predicted octanol–water partition coefficient (Wildman–Crippen LogP) is 4.82. The van der Waals surface area contributed by atoms with Crippen molar-refractivity contribution in [2.24, 2.45) is 0 Å². The normalized spacial score (nSPS) is 14.9. The molecule has 3 aromatic carbocycles. The van der Waals surface area contributed by atoms with Crippen molar-refractivity contribution >= 4 is 76.1 Å². The first-order chi connectivity index (χ1) is 18.5. The van der Waals surface area contributed by atoms with Crippen LogP contribution in [0.2, 0.25) is 0 Å². The number of fused-ring (bicyclic) bond motifs is 4. The Balaban J connectivity index is 1.60. The van der Waals surface area contributed by atoms with Gasteiger partial charge in [0.05, 0.1) is 40.8 Å². The van der Waals surface area contributed by atoms with E-state index in [-0.39, 0.29) is 24.3 Å². The summed E-state index contributed by atoms with van der Waals surface area (Å²) in [5.74, 6) is 0.00566. The molecule has 2 heterocycles. The van der Waals surface area contributed by atoms with Gasteiger partial charge in [-0.3, -0.25) is 9.11 Å². The zero-order valence-electron chi connectivity index (χ0n) is 21.0. The number of thioether (sulfide) groups is 1. The Morgan fingerprint density at radius 1 is 0.974 bits per heavy atom. The molecular formula is C26H27N2O7S4+. The van der Waals surface area contributed by atoms with Crippen LogP contribution in [0.3, 0.4) is 0 Å². The molecule has 0 bridgehead atoms. The van der Waals surface area contributed by atoms with Crippen molar-refractivity contribution in [3.8, 4) is 5.75 Å². The Kier molecular flexibility index (Phi) is 7.91. The molecule has 0 amide bonds. The summed E-state index contributed by atoms with van der Waals surface area (Å²) < 4.78 is 72.7. The Morgan fingerprint density at radius 2 is 1.72 bits per heavy atom. The van der Waals surface area contributed by atoms with E-state index in [9.17, 15) is 25.9 Å². The van der Waals surface area contributed by atoms with Gasteiger partial charge in [-0.05, 0) is 42.1 Å². The Labute approximate surface area is 235 Å². The Hall–Kier alpha value is -2.68. The molecule has 39 heavy (non-hydrogen) atoms. The SMILES string of the molecule is COc1ccc2c(c1)S/C(=C\c1sc3ccc4ccccc4c3[n+]1CCCS(=O)(=O)O)N2CCCS(=O)(=O)O. The third-order valence-corrected chi connectivity index (χ3v) is 10.2. The summed E-state index contributed by atoms with van der Waals surface area (Å²) >= 11 is 3.10. The number of rotatable bonds is 10. The van der Waals surface area contributed by atoms with E-state index < -0.39 is 20.2 Å². The minimum absolute atomic E-state index is 0.230. The monoisotopic (exact) mass is 607 g/mol. The fraction of sp³-hybridized carbons (Fsp3) is 0.269. The number of hydrogen-bond acceptors (Lipinski definition) is 8. The van der Waals surface area contributed by atoms with Crippen LogP contribution >= 0.6 is 23.1 Å². The lowest BCUT2D eigenvalue weighted by molar-refractivity contribution is -0.667. The average molecular weight is 608 g/mol. The van der Waals surface area contributed by atoms with Crippen molar-refractivity contribution in [1.82, 2.24) is 0 Å². The van der Waals surface area contributed by atoms with E-state index in [1.807, 2.05) is 53.4 Å². The highest BCUT2D eigenvalue weighted by molar-refractivity contribution is 8.04. The molecule has 0 fully saturated rings. The van der Waals surface area contributed by atoms with E-state index in [4.69, 9.17) is 4.74 Å². The maximum absolute atomic E-state index is 11.4. The van der Waals surface area contributed by atoms with Crippen molar-refractivity contribution in [1.29, 1.82) is 0 Å². The highest BCUT2D eigenvalue weighted by Crippen LogP contribution is 2.48. The van der Waals surface area contributed by atoms with Crippen LogP contribution in [0.5, 0.6) is 5.75 Å². The first kappa shape index (κ1) is 27.9. The molecule has 0 atom stereocenters. The molecule has 1 aromatic heterocycles. The summed E-state index contributed by atoms with van der Waals surface area (Å²) in [6.07, 6.45) is 2.49. The predicted molar refractivity (Wildman–Crippen MR) is 156 cm³/mol. The van der Waals surface area contributed by atoms with E-state index in [0.29, 0.717) is 18.8 Å². The third kappa shape index (κ3) is 6.39. The van der Waals surface area contributed by atoms with Gasteiger partial charge >= 0.3 is 0 Å². The van der Waals surface area contributed by atoms with Crippen molar-refractivity contribution < 1.29 is 35.2 Å². The van der Waals surface area contributed by atoms with Gasteiger partial charge in [0.2, 0.25) is 5.52 Å². The van der Waals surface area contributed by atoms with Crippen LogP contribution in [0.1, 0.15) is 17.8 Å². The van der Waals surface area contributed by atoms with E-state index in [1.54, 1.807) is 18.4 Å². The molecule has 9 nitrogen and oxygen atoms in total. The third-order valence-electron chi connectivity index (χ3n) is 6.37. The molecule has 206 valence electrons. The molecule has 2 N–H and O–H groups in total. The van der Waals surface area contributed by atoms with E-state index in [1.165, 1.54) is 11.8 Å². The minimum Gasteiger partial charge on any atom is -0.497 e. The van der Waals surface area contributed by atoms with Crippen LogP contribution in [0, 0.1) is 0 Å². The van der Waals surface area contributed by atoms with Gasteiger partial charge in [0.15, 0.2) is 6.54 Å². The number of aryl methyl sites for hydroxylation is 1. The van der Waals surface area contributed by atoms with Crippen LogP contribution in [-0.2, 0) is 26.8 Å². The second-order valence-electron chi connectivity index (χ2n) is 9.07. The maximum Gasteiger partial charge on any atom is 0.265 e. The van der Waals surface area contributed by atoms with Gasteiger partial charge in [0, 0.05) is 17.9 Å².